The highest BCUT2D eigenvalue weighted by Crippen LogP contribution is 2.32. The molecule has 1 atom stereocenters. The highest BCUT2D eigenvalue weighted by molar-refractivity contribution is 9.10. The summed E-state index contributed by atoms with van der Waals surface area (Å²) in [5.74, 6) is 0.502. The van der Waals surface area contributed by atoms with Gasteiger partial charge in [0.1, 0.15) is 0 Å². The van der Waals surface area contributed by atoms with Crippen molar-refractivity contribution < 1.29 is 9.21 Å². The van der Waals surface area contributed by atoms with Crippen LogP contribution in [0.2, 0.25) is 0 Å². The fourth-order valence-electron chi connectivity index (χ4n) is 2.98. The first-order chi connectivity index (χ1) is 12.6. The van der Waals surface area contributed by atoms with E-state index in [-0.39, 0.29) is 11.2 Å². The molecule has 5 nitrogen and oxygen atoms in total. The van der Waals surface area contributed by atoms with Crippen molar-refractivity contribution in [2.45, 2.75) is 23.8 Å². The van der Waals surface area contributed by atoms with Gasteiger partial charge in [-0.2, -0.15) is 0 Å². The molecule has 2 aromatic carbocycles. The van der Waals surface area contributed by atoms with E-state index in [0.29, 0.717) is 11.1 Å². The van der Waals surface area contributed by atoms with Gasteiger partial charge in [-0.1, -0.05) is 52.0 Å². The summed E-state index contributed by atoms with van der Waals surface area (Å²) in [4.78, 5) is 14.7. The molecule has 132 valence electrons. The number of carbonyl (C=O) groups is 1. The number of hydrogen-bond acceptors (Lipinski definition) is 5. The van der Waals surface area contributed by atoms with Gasteiger partial charge in [0.25, 0.3) is 5.22 Å². The van der Waals surface area contributed by atoms with E-state index in [0.717, 1.165) is 28.7 Å². The van der Waals surface area contributed by atoms with Crippen LogP contribution in [0.1, 0.15) is 12.5 Å². The summed E-state index contributed by atoms with van der Waals surface area (Å²) in [5, 5.41) is 8.25. The van der Waals surface area contributed by atoms with Crippen LogP contribution in [0.4, 0.5) is 5.69 Å². The van der Waals surface area contributed by atoms with Gasteiger partial charge in [-0.05, 0) is 43.2 Å². The van der Waals surface area contributed by atoms with Crippen molar-refractivity contribution in [1.29, 1.82) is 0 Å². The summed E-state index contributed by atoms with van der Waals surface area (Å²) in [6.07, 6.45) is 0.896. The van der Waals surface area contributed by atoms with Crippen LogP contribution in [0.15, 0.2) is 62.6 Å². The van der Waals surface area contributed by atoms with Crippen LogP contribution in [0.3, 0.4) is 0 Å². The number of anilines is 1. The molecule has 7 heteroatoms. The summed E-state index contributed by atoms with van der Waals surface area (Å²) >= 11 is 4.72. The summed E-state index contributed by atoms with van der Waals surface area (Å²) < 4.78 is 6.67. The van der Waals surface area contributed by atoms with E-state index in [1.807, 2.05) is 54.3 Å². The van der Waals surface area contributed by atoms with Crippen molar-refractivity contribution in [3.05, 3.63) is 58.6 Å². The number of halogens is 1. The number of amides is 1. The molecule has 0 aliphatic carbocycles. The molecule has 2 heterocycles. The molecule has 0 bridgehead atoms. The molecule has 1 aromatic heterocycles. The zero-order valence-electron chi connectivity index (χ0n) is 14.1. The molecule has 4 rings (SSSR count). The minimum Gasteiger partial charge on any atom is -0.411 e. The minimum atomic E-state index is -0.308. The maximum absolute atomic E-state index is 12.8. The van der Waals surface area contributed by atoms with Crippen molar-refractivity contribution in [2.75, 3.05) is 11.4 Å². The number of nitrogens with zero attached hydrogens (tertiary/aromatic N) is 3. The van der Waals surface area contributed by atoms with Crippen LogP contribution >= 0.6 is 27.7 Å². The second kappa shape index (κ2) is 7.25. The van der Waals surface area contributed by atoms with Gasteiger partial charge in [-0.25, -0.2) is 0 Å². The van der Waals surface area contributed by atoms with Gasteiger partial charge in [0.15, 0.2) is 0 Å². The maximum atomic E-state index is 12.8. The Morgan fingerprint density at radius 3 is 2.92 bits per heavy atom. The Morgan fingerprint density at radius 1 is 1.23 bits per heavy atom. The third kappa shape index (κ3) is 3.41. The molecular formula is C19H16BrN3O2S. The van der Waals surface area contributed by atoms with Gasteiger partial charge < -0.3 is 9.32 Å². The molecule has 0 N–H and O–H groups in total. The number of carbonyl (C=O) groups excluding carboxylic acids is 1. The van der Waals surface area contributed by atoms with E-state index in [2.05, 4.69) is 32.2 Å². The van der Waals surface area contributed by atoms with Gasteiger partial charge in [-0.15, -0.1) is 10.2 Å². The average Bonchev–Trinajstić information content (AvgIpc) is 3.28. The summed E-state index contributed by atoms with van der Waals surface area (Å²) in [5.41, 5.74) is 3.06. The first-order valence-corrected chi connectivity index (χ1v) is 9.94. The van der Waals surface area contributed by atoms with Crippen molar-refractivity contribution >= 4 is 39.3 Å². The standard InChI is InChI=1S/C19H16BrN3O2S/c1-12(18(24)23-10-9-13-5-2-3-8-16(13)23)26-19-22-21-17(25-19)14-6-4-7-15(20)11-14/h2-8,11-12H,9-10H2,1H3/t12-/m0/s1. The topological polar surface area (TPSA) is 59.2 Å². The molecule has 1 aliphatic rings. The lowest BCUT2D eigenvalue weighted by Crippen LogP contribution is -2.35. The van der Waals surface area contributed by atoms with Crippen LogP contribution in [0, 0.1) is 0 Å². The number of para-hydroxylation sites is 1. The second-order valence-corrected chi connectivity index (χ2v) is 8.22. The van der Waals surface area contributed by atoms with Crippen LogP contribution in [-0.2, 0) is 11.2 Å². The predicted molar refractivity (Wildman–Crippen MR) is 105 cm³/mol. The summed E-state index contributed by atoms with van der Waals surface area (Å²) in [6.45, 7) is 2.59. The number of rotatable bonds is 4. The molecule has 0 radical (unpaired) electrons. The lowest BCUT2D eigenvalue weighted by molar-refractivity contribution is -0.117. The molecule has 0 saturated carbocycles. The smallest absolute Gasteiger partial charge is 0.277 e. The van der Waals surface area contributed by atoms with Gasteiger partial charge in [0, 0.05) is 22.3 Å². The highest BCUT2D eigenvalue weighted by Gasteiger charge is 2.29. The van der Waals surface area contributed by atoms with E-state index in [9.17, 15) is 4.79 Å². The highest BCUT2D eigenvalue weighted by atomic mass is 79.9. The van der Waals surface area contributed by atoms with E-state index < -0.39 is 0 Å². The van der Waals surface area contributed by atoms with E-state index in [1.165, 1.54) is 17.3 Å². The van der Waals surface area contributed by atoms with Crippen molar-refractivity contribution in [1.82, 2.24) is 10.2 Å². The lowest BCUT2D eigenvalue weighted by atomic mass is 10.2. The molecule has 0 unspecified atom stereocenters. The van der Waals surface area contributed by atoms with Gasteiger partial charge in [0.2, 0.25) is 11.8 Å². The Balaban J connectivity index is 1.47. The third-order valence-corrected chi connectivity index (χ3v) is 5.67. The zero-order chi connectivity index (χ0) is 18.1. The SMILES string of the molecule is C[C@H](Sc1nnc(-c2cccc(Br)c2)o1)C(=O)N1CCc2ccccc21. The van der Waals surface area contributed by atoms with E-state index >= 15 is 0 Å². The Hall–Kier alpha value is -2.12. The van der Waals surface area contributed by atoms with E-state index in [4.69, 9.17) is 4.42 Å². The fraction of sp³-hybridized carbons (Fsp3) is 0.211. The molecule has 0 saturated heterocycles. The average molecular weight is 430 g/mol. The first-order valence-electron chi connectivity index (χ1n) is 8.27. The molecule has 26 heavy (non-hydrogen) atoms. The summed E-state index contributed by atoms with van der Waals surface area (Å²) in [6, 6.07) is 15.7. The maximum Gasteiger partial charge on any atom is 0.277 e. The van der Waals surface area contributed by atoms with Crippen molar-refractivity contribution in [3.8, 4) is 11.5 Å². The number of hydrogen-bond donors (Lipinski definition) is 0. The summed E-state index contributed by atoms with van der Waals surface area (Å²) in [7, 11) is 0. The lowest BCUT2D eigenvalue weighted by Gasteiger charge is -2.20. The first kappa shape index (κ1) is 17.3. The normalized spacial score (nSPS) is 14.3. The van der Waals surface area contributed by atoms with Crippen molar-refractivity contribution in [2.24, 2.45) is 0 Å². The fourth-order valence-corrected chi connectivity index (χ4v) is 4.13. The minimum absolute atomic E-state index is 0.0576. The molecule has 1 amide bonds. The predicted octanol–water partition coefficient (Wildman–Crippen LogP) is 4.57. The Morgan fingerprint density at radius 2 is 2.08 bits per heavy atom. The second-order valence-electron chi connectivity index (χ2n) is 6.01. The Labute approximate surface area is 163 Å². The van der Waals surface area contributed by atoms with Gasteiger partial charge in [0.05, 0.1) is 5.25 Å². The zero-order valence-corrected chi connectivity index (χ0v) is 16.5. The molecule has 3 aromatic rings. The largest absolute Gasteiger partial charge is 0.411 e. The van der Waals surface area contributed by atoms with E-state index in [1.54, 1.807) is 0 Å². The Kier molecular flexibility index (Phi) is 4.82. The van der Waals surface area contributed by atoms with Crippen molar-refractivity contribution in [3.63, 3.8) is 0 Å². The number of benzene rings is 2. The van der Waals surface area contributed by atoms with Crippen LogP contribution in [0.5, 0.6) is 0 Å². The van der Waals surface area contributed by atoms with Crippen LogP contribution in [-0.4, -0.2) is 27.9 Å². The molecule has 1 aliphatic heterocycles. The van der Waals surface area contributed by atoms with Crippen LogP contribution < -0.4 is 4.90 Å². The quantitative estimate of drug-likeness (QED) is 0.568. The number of aromatic nitrogens is 2. The molecule has 0 spiro atoms. The van der Waals surface area contributed by atoms with Crippen LogP contribution in [0.25, 0.3) is 11.5 Å². The monoisotopic (exact) mass is 429 g/mol. The Bertz CT molecular complexity index is 959. The number of fused-ring (bicyclic) bond motifs is 1. The third-order valence-electron chi connectivity index (χ3n) is 4.26. The van der Waals surface area contributed by atoms with Gasteiger partial charge >= 0.3 is 0 Å². The van der Waals surface area contributed by atoms with Gasteiger partial charge in [-0.3, -0.25) is 4.79 Å². The number of thioether (sulfide) groups is 1. The molecule has 0 fully saturated rings. The molecular weight excluding hydrogens is 414 g/mol.